The molecule has 0 aromatic carbocycles. The Hall–Kier alpha value is -5.00. The summed E-state index contributed by atoms with van der Waals surface area (Å²) < 4.78 is 10.8. The molecule has 1 unspecified atom stereocenters. The zero-order chi connectivity index (χ0) is 64.7. The number of aliphatic hydroxyl groups is 1. The number of ether oxygens (including phenoxy) is 2. The Labute approximate surface area is 556 Å². The van der Waals surface area contributed by atoms with E-state index in [1.165, 1.54) is 161 Å². The Balaban J connectivity index is 3.52. The minimum absolute atomic E-state index is 0.0726. The normalized spacial score (nSPS) is 13.3. The van der Waals surface area contributed by atoms with Crippen LogP contribution in [-0.4, -0.2) is 36.4 Å². The molecule has 1 N–H and O–H groups in total. The summed E-state index contributed by atoms with van der Waals surface area (Å²) in [6.45, 7) is 3.93. The maximum absolute atomic E-state index is 12.4. The highest BCUT2D eigenvalue weighted by Crippen LogP contribution is 2.17. The molecule has 0 spiro atoms. The summed E-state index contributed by atoms with van der Waals surface area (Å²) in [5.41, 5.74) is 0. The van der Waals surface area contributed by atoms with E-state index < -0.39 is 6.10 Å². The van der Waals surface area contributed by atoms with Crippen LogP contribution >= 0.6 is 0 Å². The standard InChI is InChI=1S/C85H138O5/c1-3-5-7-9-11-13-15-17-19-21-23-25-27-29-31-33-35-37-39-40-41-42-43-44-46-48-50-52-54-56-58-60-62-64-66-68-70-72-74-76-78-80-85(88)90-83(81-86)82-89-84(87)79-77-75-73-71-69-67-65-63-61-59-57-55-53-51-49-47-45-38-36-34-32-30-28-26-24-22-20-18-16-14-12-10-8-6-4-2/h5-8,11-14,17-20,23-26,29-32,35-38,40-41,43-44,48,50,83,86H,3-4,9-10,15-16,21-22,27-28,33-34,39,42,45-47,49,51-82H2,1-2H3/b7-5-,8-6-,13-11-,14-12-,19-17-,20-18-,25-23-,26-24-,31-29-,32-30-,37-35-,38-36-,41-40-,44-43-,50-48-. The molecule has 0 saturated carbocycles. The van der Waals surface area contributed by atoms with Gasteiger partial charge in [-0.3, -0.25) is 9.59 Å². The fraction of sp³-hybridized carbons (Fsp3) is 0.624. The highest BCUT2D eigenvalue weighted by atomic mass is 16.6. The van der Waals surface area contributed by atoms with Crippen LogP contribution in [0, 0.1) is 0 Å². The third kappa shape index (κ3) is 75.5. The third-order valence-electron chi connectivity index (χ3n) is 15.7. The van der Waals surface area contributed by atoms with Crippen molar-refractivity contribution in [3.05, 3.63) is 182 Å². The molecule has 0 amide bonds. The van der Waals surface area contributed by atoms with E-state index in [9.17, 15) is 14.7 Å². The molecule has 0 aliphatic rings. The monoisotopic (exact) mass is 1240 g/mol. The van der Waals surface area contributed by atoms with Gasteiger partial charge in [-0.1, -0.05) is 357 Å². The molecule has 5 heteroatoms. The molecule has 0 aliphatic heterocycles. The van der Waals surface area contributed by atoms with Crippen LogP contribution in [-0.2, 0) is 19.1 Å². The second-order valence-electron chi connectivity index (χ2n) is 24.3. The Kier molecular flexibility index (Phi) is 73.9. The number of aliphatic hydroxyl groups excluding tert-OH is 1. The second kappa shape index (κ2) is 78.2. The molecule has 0 aromatic rings. The van der Waals surface area contributed by atoms with E-state index >= 15 is 0 Å². The zero-order valence-electron chi connectivity index (χ0n) is 58.3. The van der Waals surface area contributed by atoms with E-state index in [4.69, 9.17) is 9.47 Å². The van der Waals surface area contributed by atoms with E-state index in [2.05, 4.69) is 196 Å². The van der Waals surface area contributed by atoms with Crippen LogP contribution in [0.3, 0.4) is 0 Å². The Morgan fingerprint density at radius 2 is 0.444 bits per heavy atom. The van der Waals surface area contributed by atoms with Crippen molar-refractivity contribution >= 4 is 11.9 Å². The number of unbranched alkanes of at least 4 members (excludes halogenated alkanes) is 29. The predicted molar refractivity (Wildman–Crippen MR) is 398 cm³/mol. The van der Waals surface area contributed by atoms with E-state index in [1.54, 1.807) is 0 Å². The van der Waals surface area contributed by atoms with E-state index in [-0.39, 0.29) is 25.2 Å². The lowest BCUT2D eigenvalue weighted by atomic mass is 10.0. The highest BCUT2D eigenvalue weighted by molar-refractivity contribution is 5.70. The SMILES string of the molecule is CC/C=C\C/C=C\C/C=C\C/C=C\C/C=C\C/C=C\C/C=C\C/C=C\C/C=C\CCCCCCCCCCCCCCCC(=O)OC(CO)COC(=O)CCCCCCCCCCCCCCCCCC/C=C\C/C=C\C/C=C\C/C=C\C/C=C\C/C=C\CC. The minimum Gasteiger partial charge on any atom is -0.462 e. The molecule has 0 fully saturated rings. The van der Waals surface area contributed by atoms with Gasteiger partial charge in [-0.25, -0.2) is 0 Å². The van der Waals surface area contributed by atoms with Crippen LogP contribution in [0.2, 0.25) is 0 Å². The fourth-order valence-corrected chi connectivity index (χ4v) is 10.2. The van der Waals surface area contributed by atoms with Gasteiger partial charge >= 0.3 is 11.9 Å². The molecular formula is C85H138O5. The number of allylic oxidation sites excluding steroid dienone is 30. The van der Waals surface area contributed by atoms with Gasteiger partial charge in [0.15, 0.2) is 6.10 Å². The Morgan fingerprint density at radius 3 is 0.667 bits per heavy atom. The molecule has 0 bridgehead atoms. The van der Waals surface area contributed by atoms with Crippen molar-refractivity contribution in [3.63, 3.8) is 0 Å². The van der Waals surface area contributed by atoms with Gasteiger partial charge in [0.2, 0.25) is 0 Å². The smallest absolute Gasteiger partial charge is 0.306 e. The molecule has 90 heavy (non-hydrogen) atoms. The summed E-state index contributed by atoms with van der Waals surface area (Å²) in [7, 11) is 0. The first-order valence-electron chi connectivity index (χ1n) is 37.3. The van der Waals surface area contributed by atoms with Crippen molar-refractivity contribution < 1.29 is 24.2 Å². The molecule has 0 aromatic heterocycles. The lowest BCUT2D eigenvalue weighted by Gasteiger charge is -2.15. The maximum atomic E-state index is 12.4. The fourth-order valence-electron chi connectivity index (χ4n) is 10.2. The van der Waals surface area contributed by atoms with Gasteiger partial charge in [0.1, 0.15) is 6.61 Å². The largest absolute Gasteiger partial charge is 0.462 e. The van der Waals surface area contributed by atoms with Gasteiger partial charge in [-0.2, -0.15) is 0 Å². The van der Waals surface area contributed by atoms with Crippen molar-refractivity contribution in [1.82, 2.24) is 0 Å². The summed E-state index contributed by atoms with van der Waals surface area (Å²) in [6.07, 6.45) is 122. The maximum Gasteiger partial charge on any atom is 0.306 e. The number of hydrogen-bond donors (Lipinski definition) is 1. The Bertz CT molecular complexity index is 1990. The molecule has 0 rings (SSSR count). The Morgan fingerprint density at radius 1 is 0.256 bits per heavy atom. The van der Waals surface area contributed by atoms with Crippen LogP contribution in [0.15, 0.2) is 182 Å². The van der Waals surface area contributed by atoms with Crippen LogP contribution in [0.4, 0.5) is 0 Å². The molecule has 0 heterocycles. The number of esters is 2. The summed E-state index contributed by atoms with van der Waals surface area (Å²) in [5, 5.41) is 9.72. The minimum atomic E-state index is -0.785. The molecule has 5 nitrogen and oxygen atoms in total. The average Bonchev–Trinajstić information content (AvgIpc) is 3.60. The second-order valence-corrected chi connectivity index (χ2v) is 24.3. The molecule has 508 valence electrons. The van der Waals surface area contributed by atoms with Crippen LogP contribution < -0.4 is 0 Å². The molecule has 0 saturated heterocycles. The molecule has 0 aliphatic carbocycles. The quantitative estimate of drug-likeness (QED) is 0.0373. The topological polar surface area (TPSA) is 72.8 Å². The van der Waals surface area contributed by atoms with E-state index in [0.29, 0.717) is 12.8 Å². The van der Waals surface area contributed by atoms with Crippen molar-refractivity contribution in [1.29, 1.82) is 0 Å². The lowest BCUT2D eigenvalue weighted by molar-refractivity contribution is -0.161. The zero-order valence-corrected chi connectivity index (χ0v) is 58.3. The van der Waals surface area contributed by atoms with Gasteiger partial charge in [-0.15, -0.1) is 0 Å². The van der Waals surface area contributed by atoms with Crippen molar-refractivity contribution in [2.45, 2.75) is 328 Å². The summed E-state index contributed by atoms with van der Waals surface area (Å²) >= 11 is 0. The van der Waals surface area contributed by atoms with Crippen LogP contribution in [0.1, 0.15) is 322 Å². The molecule has 0 radical (unpaired) electrons. The van der Waals surface area contributed by atoms with E-state index in [0.717, 1.165) is 135 Å². The van der Waals surface area contributed by atoms with Crippen molar-refractivity contribution in [3.8, 4) is 0 Å². The van der Waals surface area contributed by atoms with Gasteiger partial charge < -0.3 is 14.6 Å². The van der Waals surface area contributed by atoms with Crippen LogP contribution in [0.25, 0.3) is 0 Å². The highest BCUT2D eigenvalue weighted by Gasteiger charge is 2.16. The number of rotatable bonds is 67. The van der Waals surface area contributed by atoms with Gasteiger partial charge in [-0.05, 0) is 135 Å². The lowest BCUT2D eigenvalue weighted by Crippen LogP contribution is -2.28. The summed E-state index contributed by atoms with van der Waals surface area (Å²) in [4.78, 5) is 24.7. The van der Waals surface area contributed by atoms with Gasteiger partial charge in [0, 0.05) is 12.8 Å². The number of carbonyl (C=O) groups is 2. The molecule has 1 atom stereocenters. The van der Waals surface area contributed by atoms with Crippen molar-refractivity contribution in [2.75, 3.05) is 13.2 Å². The van der Waals surface area contributed by atoms with Crippen molar-refractivity contribution in [2.24, 2.45) is 0 Å². The average molecular weight is 1240 g/mol. The van der Waals surface area contributed by atoms with Gasteiger partial charge in [0.25, 0.3) is 0 Å². The number of carbonyl (C=O) groups excluding carboxylic acids is 2. The number of hydrogen-bond acceptors (Lipinski definition) is 5. The first-order valence-corrected chi connectivity index (χ1v) is 37.3. The van der Waals surface area contributed by atoms with E-state index in [1.807, 2.05) is 0 Å². The first-order chi connectivity index (χ1) is 44.6. The summed E-state index contributed by atoms with van der Waals surface area (Å²) in [5.74, 6) is -0.591. The summed E-state index contributed by atoms with van der Waals surface area (Å²) in [6, 6.07) is 0. The first kappa shape index (κ1) is 85.0. The van der Waals surface area contributed by atoms with Crippen LogP contribution in [0.5, 0.6) is 0 Å². The third-order valence-corrected chi connectivity index (χ3v) is 15.7. The van der Waals surface area contributed by atoms with Gasteiger partial charge in [0.05, 0.1) is 6.61 Å². The molecular weight excluding hydrogens is 1100 g/mol. The predicted octanol–water partition coefficient (Wildman–Crippen LogP) is 26.5.